The van der Waals surface area contributed by atoms with Crippen molar-refractivity contribution in [1.29, 1.82) is 0 Å². The van der Waals surface area contributed by atoms with E-state index in [2.05, 4.69) is 5.32 Å². The number of ether oxygens (including phenoxy) is 1. The van der Waals surface area contributed by atoms with Crippen molar-refractivity contribution in [2.24, 2.45) is 0 Å². The molecule has 0 aliphatic carbocycles. The minimum Gasteiger partial charge on any atom is -0.488 e. The molecule has 1 aromatic heterocycles. The fraction of sp³-hybridized carbons (Fsp3) is 0.125. The van der Waals surface area contributed by atoms with Crippen LogP contribution < -0.4 is 10.1 Å². The van der Waals surface area contributed by atoms with Crippen LogP contribution in [-0.2, 0) is 17.9 Å². The molecule has 4 rings (SSSR count). The summed E-state index contributed by atoms with van der Waals surface area (Å²) in [5, 5.41) is 3.96. The van der Waals surface area contributed by atoms with Gasteiger partial charge < -0.3 is 14.6 Å². The van der Waals surface area contributed by atoms with Crippen LogP contribution in [0.15, 0.2) is 85.1 Å². The van der Waals surface area contributed by atoms with Crippen molar-refractivity contribution in [3.8, 4) is 5.75 Å². The van der Waals surface area contributed by atoms with E-state index < -0.39 is 0 Å². The fourth-order valence-electron chi connectivity index (χ4n) is 3.27. The van der Waals surface area contributed by atoms with Gasteiger partial charge in [0, 0.05) is 17.3 Å². The molecular weight excluding hydrogens is 348 g/mol. The second kappa shape index (κ2) is 8.01. The molecule has 0 radical (unpaired) electrons. The molecule has 4 heteroatoms. The Labute approximate surface area is 164 Å². The second-order valence-corrected chi connectivity index (χ2v) is 6.82. The highest BCUT2D eigenvalue weighted by molar-refractivity contribution is 5.93. The molecule has 1 heterocycles. The largest absolute Gasteiger partial charge is 0.488 e. The van der Waals surface area contributed by atoms with Gasteiger partial charge in [-0.3, -0.25) is 4.79 Å². The summed E-state index contributed by atoms with van der Waals surface area (Å²) in [5.41, 5.74) is 4.03. The highest BCUT2D eigenvalue weighted by Crippen LogP contribution is 2.27. The van der Waals surface area contributed by atoms with E-state index in [1.165, 1.54) is 0 Å². The van der Waals surface area contributed by atoms with Crippen molar-refractivity contribution in [3.05, 3.63) is 96.2 Å². The van der Waals surface area contributed by atoms with Gasteiger partial charge in [-0.1, -0.05) is 48.5 Å². The molecule has 28 heavy (non-hydrogen) atoms. The number of carbonyl (C=O) groups excluding carboxylic acids is 1. The Bertz CT molecular complexity index is 1100. The summed E-state index contributed by atoms with van der Waals surface area (Å²) < 4.78 is 7.96. The summed E-state index contributed by atoms with van der Waals surface area (Å²) >= 11 is 0. The number of nitrogens with zero attached hydrogens (tertiary/aromatic N) is 1. The zero-order valence-electron chi connectivity index (χ0n) is 15.8. The number of nitrogens with one attached hydrogen (secondary N) is 1. The molecule has 3 aromatic carbocycles. The number of rotatable bonds is 6. The Morgan fingerprint density at radius 2 is 1.79 bits per heavy atom. The summed E-state index contributed by atoms with van der Waals surface area (Å²) in [5.74, 6) is 0.762. The predicted octanol–water partition coefficient (Wildman–Crippen LogP) is 5.17. The number of amides is 1. The van der Waals surface area contributed by atoms with Crippen LogP contribution >= 0.6 is 0 Å². The topological polar surface area (TPSA) is 43.3 Å². The molecule has 4 nitrogen and oxygen atoms in total. The first kappa shape index (κ1) is 17.9. The Balaban J connectivity index is 1.49. The van der Waals surface area contributed by atoms with Gasteiger partial charge in [0.05, 0.1) is 5.52 Å². The van der Waals surface area contributed by atoms with Gasteiger partial charge in [0.1, 0.15) is 18.9 Å². The lowest BCUT2D eigenvalue weighted by molar-refractivity contribution is -0.116. The van der Waals surface area contributed by atoms with Crippen LogP contribution in [0.5, 0.6) is 5.75 Å². The van der Waals surface area contributed by atoms with Gasteiger partial charge in [-0.15, -0.1) is 0 Å². The molecule has 1 amide bonds. The highest BCUT2D eigenvalue weighted by atomic mass is 16.5. The van der Waals surface area contributed by atoms with Crippen molar-refractivity contribution in [3.63, 3.8) is 0 Å². The van der Waals surface area contributed by atoms with Gasteiger partial charge >= 0.3 is 0 Å². The molecular formula is C24H22N2O2. The standard InChI is InChI=1S/C24H22N2O2/c1-18-7-5-10-20(15-18)25-24(27)16-26-14-13-21-22(26)11-6-12-23(21)28-17-19-8-3-2-4-9-19/h2-15H,16-17H2,1H3,(H,25,27). The molecule has 140 valence electrons. The summed E-state index contributed by atoms with van der Waals surface area (Å²) in [6.45, 7) is 2.77. The molecule has 4 aromatic rings. The van der Waals surface area contributed by atoms with Crippen molar-refractivity contribution in [2.75, 3.05) is 5.32 Å². The van der Waals surface area contributed by atoms with E-state index in [1.54, 1.807) is 0 Å². The number of aryl methyl sites for hydroxylation is 1. The Kier molecular flexibility index (Phi) is 5.11. The molecule has 1 N–H and O–H groups in total. The molecule has 0 atom stereocenters. The van der Waals surface area contributed by atoms with E-state index in [1.807, 2.05) is 96.6 Å². The highest BCUT2D eigenvalue weighted by Gasteiger charge is 2.10. The molecule has 0 unspecified atom stereocenters. The lowest BCUT2D eigenvalue weighted by atomic mass is 10.2. The van der Waals surface area contributed by atoms with Gasteiger partial charge in [-0.2, -0.15) is 0 Å². The van der Waals surface area contributed by atoms with Crippen LogP contribution in [0.3, 0.4) is 0 Å². The summed E-state index contributed by atoms with van der Waals surface area (Å²) in [6.07, 6.45) is 1.93. The van der Waals surface area contributed by atoms with E-state index in [0.29, 0.717) is 6.61 Å². The normalized spacial score (nSPS) is 10.8. The third-order valence-corrected chi connectivity index (χ3v) is 4.63. The maximum absolute atomic E-state index is 12.5. The predicted molar refractivity (Wildman–Crippen MR) is 113 cm³/mol. The van der Waals surface area contributed by atoms with Crippen LogP contribution in [0, 0.1) is 6.92 Å². The number of aromatic nitrogens is 1. The molecule has 0 bridgehead atoms. The van der Waals surface area contributed by atoms with Gasteiger partial charge in [-0.25, -0.2) is 0 Å². The van der Waals surface area contributed by atoms with Gasteiger partial charge in [0.25, 0.3) is 0 Å². The maximum Gasteiger partial charge on any atom is 0.244 e. The smallest absolute Gasteiger partial charge is 0.244 e. The van der Waals surface area contributed by atoms with E-state index in [9.17, 15) is 4.79 Å². The molecule has 0 saturated heterocycles. The monoisotopic (exact) mass is 370 g/mol. The number of anilines is 1. The molecule has 0 aliphatic heterocycles. The molecule has 0 spiro atoms. The van der Waals surface area contributed by atoms with Crippen LogP contribution in [0.25, 0.3) is 10.9 Å². The zero-order valence-corrected chi connectivity index (χ0v) is 15.8. The first-order chi connectivity index (χ1) is 13.7. The summed E-state index contributed by atoms with van der Waals surface area (Å²) in [6, 6.07) is 25.8. The third-order valence-electron chi connectivity index (χ3n) is 4.63. The van der Waals surface area contributed by atoms with Crippen LogP contribution in [0.4, 0.5) is 5.69 Å². The van der Waals surface area contributed by atoms with E-state index >= 15 is 0 Å². The Hall–Kier alpha value is -3.53. The fourth-order valence-corrected chi connectivity index (χ4v) is 3.27. The quantitative estimate of drug-likeness (QED) is 0.509. The van der Waals surface area contributed by atoms with Gasteiger partial charge in [-0.05, 0) is 48.4 Å². The zero-order chi connectivity index (χ0) is 19.3. The van der Waals surface area contributed by atoms with Crippen LogP contribution in [0.1, 0.15) is 11.1 Å². The van der Waals surface area contributed by atoms with Crippen molar-refractivity contribution >= 4 is 22.5 Å². The average Bonchev–Trinajstić information content (AvgIpc) is 3.10. The number of hydrogen-bond acceptors (Lipinski definition) is 2. The van der Waals surface area contributed by atoms with Gasteiger partial charge in [0.15, 0.2) is 0 Å². The number of fused-ring (bicyclic) bond motifs is 1. The lowest BCUT2D eigenvalue weighted by Crippen LogP contribution is -2.18. The minimum atomic E-state index is -0.0568. The van der Waals surface area contributed by atoms with E-state index in [4.69, 9.17) is 4.74 Å². The van der Waals surface area contributed by atoms with Crippen molar-refractivity contribution in [1.82, 2.24) is 4.57 Å². The first-order valence-electron chi connectivity index (χ1n) is 9.30. The Morgan fingerprint density at radius 3 is 2.61 bits per heavy atom. The van der Waals surface area contributed by atoms with E-state index in [-0.39, 0.29) is 12.5 Å². The maximum atomic E-state index is 12.5. The van der Waals surface area contributed by atoms with Gasteiger partial charge in [0.2, 0.25) is 5.91 Å². The molecule has 0 saturated carbocycles. The first-order valence-corrected chi connectivity index (χ1v) is 9.30. The van der Waals surface area contributed by atoms with Crippen molar-refractivity contribution in [2.45, 2.75) is 20.1 Å². The third kappa shape index (κ3) is 4.07. The molecule has 0 aliphatic rings. The second-order valence-electron chi connectivity index (χ2n) is 6.82. The van der Waals surface area contributed by atoms with Crippen molar-refractivity contribution < 1.29 is 9.53 Å². The van der Waals surface area contributed by atoms with E-state index in [0.717, 1.165) is 33.5 Å². The molecule has 0 fully saturated rings. The minimum absolute atomic E-state index is 0.0568. The summed E-state index contributed by atoms with van der Waals surface area (Å²) in [4.78, 5) is 12.5. The van der Waals surface area contributed by atoms with Crippen LogP contribution in [0.2, 0.25) is 0 Å². The SMILES string of the molecule is Cc1cccc(NC(=O)Cn2ccc3c(OCc4ccccc4)cccc32)c1. The average molecular weight is 370 g/mol. The Morgan fingerprint density at radius 1 is 0.964 bits per heavy atom. The summed E-state index contributed by atoms with van der Waals surface area (Å²) in [7, 11) is 0. The van der Waals surface area contributed by atoms with Crippen LogP contribution in [-0.4, -0.2) is 10.5 Å². The number of hydrogen-bond donors (Lipinski definition) is 1. The number of benzene rings is 3. The number of carbonyl (C=O) groups is 1. The lowest BCUT2D eigenvalue weighted by Gasteiger charge is -2.10.